The molecular weight excluding hydrogens is 286 g/mol. The van der Waals surface area contributed by atoms with Gasteiger partial charge in [0, 0.05) is 31.8 Å². The Kier molecular flexibility index (Phi) is 3.87. The smallest absolute Gasteiger partial charge is 0.407 e. The van der Waals surface area contributed by atoms with Crippen LogP contribution >= 0.6 is 0 Å². The van der Waals surface area contributed by atoms with E-state index < -0.39 is 11.7 Å². The van der Waals surface area contributed by atoms with Gasteiger partial charge in [0.25, 0.3) is 5.56 Å². The second-order valence-electron chi connectivity index (χ2n) is 5.83. The Morgan fingerprint density at radius 1 is 1.36 bits per heavy atom. The summed E-state index contributed by atoms with van der Waals surface area (Å²) in [5.74, 6) is -0.0159. The molecule has 2 amide bonds. The lowest BCUT2D eigenvalue weighted by Crippen LogP contribution is -2.52. The maximum atomic E-state index is 12.4. The van der Waals surface area contributed by atoms with Gasteiger partial charge in [-0.05, 0) is 18.9 Å². The van der Waals surface area contributed by atoms with Crippen molar-refractivity contribution in [2.45, 2.75) is 31.4 Å². The van der Waals surface area contributed by atoms with Crippen LogP contribution in [0.25, 0.3) is 0 Å². The molecule has 1 aromatic heterocycles. The van der Waals surface area contributed by atoms with Crippen LogP contribution in [0, 0.1) is 0 Å². The Balaban J connectivity index is 1.59. The van der Waals surface area contributed by atoms with Crippen LogP contribution in [0.4, 0.5) is 4.79 Å². The van der Waals surface area contributed by atoms with Crippen molar-refractivity contribution in [2.75, 3.05) is 19.6 Å². The molecule has 0 unspecified atom stereocenters. The first kappa shape index (κ1) is 14.6. The summed E-state index contributed by atoms with van der Waals surface area (Å²) in [5.41, 5.74) is -0.687. The summed E-state index contributed by atoms with van der Waals surface area (Å²) in [6.07, 6.45) is 3.11. The molecule has 0 aliphatic carbocycles. The predicted molar refractivity (Wildman–Crippen MR) is 78.3 cm³/mol. The Hall–Kier alpha value is -2.31. The molecule has 2 aliphatic heterocycles. The van der Waals surface area contributed by atoms with E-state index in [4.69, 9.17) is 4.74 Å². The van der Waals surface area contributed by atoms with Gasteiger partial charge in [-0.15, -0.1) is 0 Å². The third kappa shape index (κ3) is 2.98. The zero-order valence-electron chi connectivity index (χ0n) is 12.3. The third-order valence-corrected chi connectivity index (χ3v) is 4.22. The Morgan fingerprint density at radius 3 is 2.95 bits per heavy atom. The Labute approximate surface area is 127 Å². The SMILES string of the molecule is O=C1NC[C@@]2(CCCN(C(=O)CCn3ccccc3=O)C2)O1. The first-order valence-corrected chi connectivity index (χ1v) is 7.48. The molecule has 2 fully saturated rings. The van der Waals surface area contributed by atoms with E-state index in [1.54, 1.807) is 23.2 Å². The number of ether oxygens (including phenoxy) is 1. The average molecular weight is 305 g/mol. The second-order valence-corrected chi connectivity index (χ2v) is 5.83. The van der Waals surface area contributed by atoms with Crippen molar-refractivity contribution in [1.82, 2.24) is 14.8 Å². The van der Waals surface area contributed by atoms with Crippen LogP contribution in [0.1, 0.15) is 19.3 Å². The van der Waals surface area contributed by atoms with E-state index in [2.05, 4.69) is 5.32 Å². The second kappa shape index (κ2) is 5.82. The summed E-state index contributed by atoms with van der Waals surface area (Å²) in [6.45, 7) is 1.91. The number of nitrogens with zero attached hydrogens (tertiary/aromatic N) is 2. The number of carbonyl (C=O) groups is 2. The number of aryl methyl sites for hydroxylation is 1. The molecule has 0 saturated carbocycles. The largest absolute Gasteiger partial charge is 0.439 e. The van der Waals surface area contributed by atoms with Crippen LogP contribution in [0.2, 0.25) is 0 Å². The fourth-order valence-electron chi connectivity index (χ4n) is 3.06. The number of aromatic nitrogens is 1. The van der Waals surface area contributed by atoms with Gasteiger partial charge in [-0.2, -0.15) is 0 Å². The van der Waals surface area contributed by atoms with Crippen molar-refractivity contribution in [2.24, 2.45) is 0 Å². The molecule has 1 spiro atoms. The summed E-state index contributed by atoms with van der Waals surface area (Å²) >= 11 is 0. The number of rotatable bonds is 3. The summed E-state index contributed by atoms with van der Waals surface area (Å²) in [6, 6.07) is 4.92. The molecule has 7 nitrogen and oxygen atoms in total. The highest BCUT2D eigenvalue weighted by atomic mass is 16.6. The highest BCUT2D eigenvalue weighted by Gasteiger charge is 2.44. The number of piperidine rings is 1. The lowest BCUT2D eigenvalue weighted by molar-refractivity contribution is -0.137. The summed E-state index contributed by atoms with van der Waals surface area (Å²) in [7, 11) is 0. The van der Waals surface area contributed by atoms with Crippen LogP contribution in [-0.2, 0) is 16.1 Å². The first-order valence-electron chi connectivity index (χ1n) is 7.48. The van der Waals surface area contributed by atoms with Crippen LogP contribution < -0.4 is 10.9 Å². The van der Waals surface area contributed by atoms with Gasteiger partial charge in [0.2, 0.25) is 5.91 Å². The lowest BCUT2D eigenvalue weighted by atomic mass is 9.93. The number of likely N-dealkylation sites (tertiary alicyclic amines) is 1. The van der Waals surface area contributed by atoms with E-state index in [1.807, 2.05) is 0 Å². The van der Waals surface area contributed by atoms with E-state index in [0.29, 0.717) is 26.2 Å². The molecule has 0 radical (unpaired) electrons. The number of alkyl carbamates (subject to hydrolysis) is 1. The van der Waals surface area contributed by atoms with Crippen LogP contribution in [0.5, 0.6) is 0 Å². The van der Waals surface area contributed by atoms with Crippen LogP contribution in [0.15, 0.2) is 29.2 Å². The molecule has 0 aromatic carbocycles. The van der Waals surface area contributed by atoms with Gasteiger partial charge in [-0.1, -0.05) is 6.07 Å². The predicted octanol–water partition coefficient (Wildman–Crippen LogP) is 0.339. The maximum absolute atomic E-state index is 12.4. The Morgan fingerprint density at radius 2 is 2.23 bits per heavy atom. The molecule has 3 heterocycles. The molecule has 1 aromatic rings. The lowest BCUT2D eigenvalue weighted by Gasteiger charge is -2.38. The zero-order chi connectivity index (χ0) is 15.6. The van der Waals surface area contributed by atoms with Crippen molar-refractivity contribution in [1.29, 1.82) is 0 Å². The van der Waals surface area contributed by atoms with Crippen LogP contribution in [-0.4, -0.2) is 46.7 Å². The number of carbonyl (C=O) groups excluding carboxylic acids is 2. The summed E-state index contributed by atoms with van der Waals surface area (Å²) in [4.78, 5) is 37.0. The highest BCUT2D eigenvalue weighted by molar-refractivity contribution is 5.77. The number of nitrogens with one attached hydrogen (secondary N) is 1. The van der Waals surface area contributed by atoms with Crippen molar-refractivity contribution in [3.63, 3.8) is 0 Å². The standard InChI is InChI=1S/C15H19N3O4/c19-12-4-1-2-7-17(12)9-5-13(20)18-8-3-6-15(11-18)10-16-14(21)22-15/h1-2,4,7H,3,5-6,8-11H2,(H,16,21)/t15-/m1/s1. The number of hydrogen-bond acceptors (Lipinski definition) is 4. The van der Waals surface area contributed by atoms with Crippen LogP contribution in [0.3, 0.4) is 0 Å². The zero-order valence-corrected chi connectivity index (χ0v) is 12.3. The normalized spacial score (nSPS) is 24.2. The molecule has 2 saturated heterocycles. The molecule has 118 valence electrons. The van der Waals surface area contributed by atoms with Crippen molar-refractivity contribution >= 4 is 12.0 Å². The molecule has 1 atom stereocenters. The topological polar surface area (TPSA) is 80.6 Å². The van der Waals surface area contributed by atoms with Gasteiger partial charge in [0.15, 0.2) is 0 Å². The molecular formula is C15H19N3O4. The molecule has 3 rings (SSSR count). The van der Waals surface area contributed by atoms with Gasteiger partial charge in [-0.3, -0.25) is 9.59 Å². The Bertz CT molecular complexity index is 642. The van der Waals surface area contributed by atoms with Gasteiger partial charge in [0.1, 0.15) is 5.60 Å². The molecule has 1 N–H and O–H groups in total. The minimum atomic E-state index is -0.575. The summed E-state index contributed by atoms with van der Waals surface area (Å²) < 4.78 is 6.88. The number of pyridine rings is 1. The van der Waals surface area contributed by atoms with E-state index in [9.17, 15) is 14.4 Å². The van der Waals surface area contributed by atoms with E-state index >= 15 is 0 Å². The number of amides is 2. The van der Waals surface area contributed by atoms with Gasteiger partial charge in [0.05, 0.1) is 13.1 Å². The fraction of sp³-hybridized carbons (Fsp3) is 0.533. The molecule has 0 bridgehead atoms. The fourth-order valence-corrected chi connectivity index (χ4v) is 3.06. The van der Waals surface area contributed by atoms with E-state index in [-0.39, 0.29) is 17.9 Å². The van der Waals surface area contributed by atoms with E-state index in [1.165, 1.54) is 10.6 Å². The van der Waals surface area contributed by atoms with Gasteiger partial charge in [-0.25, -0.2) is 4.79 Å². The molecule has 7 heteroatoms. The minimum Gasteiger partial charge on any atom is -0.439 e. The van der Waals surface area contributed by atoms with Crippen molar-refractivity contribution in [3.8, 4) is 0 Å². The third-order valence-electron chi connectivity index (χ3n) is 4.22. The number of hydrogen-bond donors (Lipinski definition) is 1. The van der Waals surface area contributed by atoms with Crippen molar-refractivity contribution < 1.29 is 14.3 Å². The quantitative estimate of drug-likeness (QED) is 0.873. The first-order chi connectivity index (χ1) is 10.6. The van der Waals surface area contributed by atoms with E-state index in [0.717, 1.165) is 12.8 Å². The van der Waals surface area contributed by atoms with Crippen molar-refractivity contribution in [3.05, 3.63) is 34.7 Å². The molecule has 22 heavy (non-hydrogen) atoms. The average Bonchev–Trinajstić information content (AvgIpc) is 2.86. The monoisotopic (exact) mass is 305 g/mol. The van der Waals surface area contributed by atoms with Gasteiger partial charge >= 0.3 is 6.09 Å². The maximum Gasteiger partial charge on any atom is 0.407 e. The summed E-state index contributed by atoms with van der Waals surface area (Å²) in [5, 5.41) is 2.66. The minimum absolute atomic E-state index is 0.0159. The van der Waals surface area contributed by atoms with Gasteiger partial charge < -0.3 is 19.5 Å². The highest BCUT2D eigenvalue weighted by Crippen LogP contribution is 2.28. The molecule has 2 aliphatic rings.